The van der Waals surface area contributed by atoms with E-state index in [0.29, 0.717) is 0 Å². The monoisotopic (exact) mass is 284 g/mol. The van der Waals surface area contributed by atoms with E-state index >= 15 is 0 Å². The van der Waals surface area contributed by atoms with Crippen molar-refractivity contribution in [1.82, 2.24) is 10.6 Å². The molecule has 2 unspecified atom stereocenters. The molecule has 1 heterocycles. The first kappa shape index (κ1) is 14.7. The molecule has 20 heavy (non-hydrogen) atoms. The molecule has 4 nitrogen and oxygen atoms in total. The van der Waals surface area contributed by atoms with E-state index in [1.54, 1.807) is 6.92 Å². The Labute approximate surface area is 116 Å². The van der Waals surface area contributed by atoms with Crippen LogP contribution in [0, 0.1) is 11.6 Å². The predicted octanol–water partition coefficient (Wildman–Crippen LogP) is 1.60. The fourth-order valence-electron chi connectivity index (χ4n) is 2.10. The van der Waals surface area contributed by atoms with Crippen molar-refractivity contribution in [3.05, 3.63) is 29.8 Å². The molecule has 0 spiro atoms. The number of amides is 1. The Morgan fingerprint density at radius 3 is 2.90 bits per heavy atom. The van der Waals surface area contributed by atoms with Crippen LogP contribution in [0.25, 0.3) is 0 Å². The van der Waals surface area contributed by atoms with Gasteiger partial charge in [0.2, 0.25) is 0 Å². The lowest BCUT2D eigenvalue weighted by atomic mass is 10.1. The third-order valence-electron chi connectivity index (χ3n) is 3.22. The Morgan fingerprint density at radius 1 is 1.45 bits per heavy atom. The first-order chi connectivity index (χ1) is 9.56. The summed E-state index contributed by atoms with van der Waals surface area (Å²) in [4.78, 5) is 11.9. The van der Waals surface area contributed by atoms with Gasteiger partial charge in [-0.15, -0.1) is 0 Å². The second-order valence-corrected chi connectivity index (χ2v) is 4.89. The Bertz CT molecular complexity index is 476. The van der Waals surface area contributed by atoms with Gasteiger partial charge in [-0.1, -0.05) is 0 Å². The SMILES string of the molecule is CC(Oc1ccc(F)c(F)c1)C(=O)NC1CCCNC1. The van der Waals surface area contributed by atoms with Crippen LogP contribution in [0.15, 0.2) is 18.2 Å². The summed E-state index contributed by atoms with van der Waals surface area (Å²) in [7, 11) is 0. The van der Waals surface area contributed by atoms with E-state index in [1.807, 2.05) is 0 Å². The van der Waals surface area contributed by atoms with Gasteiger partial charge in [-0.05, 0) is 38.4 Å². The molecule has 1 amide bonds. The Kier molecular flexibility index (Phi) is 4.89. The number of piperidine rings is 1. The minimum absolute atomic E-state index is 0.0900. The van der Waals surface area contributed by atoms with Crippen LogP contribution < -0.4 is 15.4 Å². The van der Waals surface area contributed by atoms with Gasteiger partial charge in [0, 0.05) is 18.7 Å². The Morgan fingerprint density at radius 2 is 2.25 bits per heavy atom. The van der Waals surface area contributed by atoms with Crippen LogP contribution in [0.4, 0.5) is 8.78 Å². The molecule has 2 rings (SSSR count). The molecule has 1 saturated heterocycles. The Hall–Kier alpha value is -1.69. The fourth-order valence-corrected chi connectivity index (χ4v) is 2.10. The number of ether oxygens (including phenoxy) is 1. The van der Waals surface area contributed by atoms with Crippen molar-refractivity contribution in [2.24, 2.45) is 0 Å². The summed E-state index contributed by atoms with van der Waals surface area (Å²) in [5, 5.41) is 6.07. The number of hydrogen-bond donors (Lipinski definition) is 2. The van der Waals surface area contributed by atoms with Crippen molar-refractivity contribution < 1.29 is 18.3 Å². The molecule has 0 aliphatic carbocycles. The quantitative estimate of drug-likeness (QED) is 0.883. The second kappa shape index (κ2) is 6.65. The second-order valence-electron chi connectivity index (χ2n) is 4.89. The highest BCUT2D eigenvalue weighted by Gasteiger charge is 2.20. The fraction of sp³-hybridized carbons (Fsp3) is 0.500. The number of carbonyl (C=O) groups excluding carboxylic acids is 1. The molecule has 0 aromatic heterocycles. The first-order valence-electron chi connectivity index (χ1n) is 6.69. The Balaban J connectivity index is 1.88. The third-order valence-corrected chi connectivity index (χ3v) is 3.22. The molecule has 1 aliphatic heterocycles. The summed E-state index contributed by atoms with van der Waals surface area (Å²) in [6, 6.07) is 3.29. The van der Waals surface area contributed by atoms with E-state index in [9.17, 15) is 13.6 Å². The molecule has 2 N–H and O–H groups in total. The first-order valence-corrected chi connectivity index (χ1v) is 6.69. The van der Waals surface area contributed by atoms with Gasteiger partial charge < -0.3 is 15.4 Å². The largest absolute Gasteiger partial charge is 0.481 e. The van der Waals surface area contributed by atoms with Crippen LogP contribution in [-0.4, -0.2) is 31.1 Å². The van der Waals surface area contributed by atoms with Gasteiger partial charge in [0.1, 0.15) is 5.75 Å². The van der Waals surface area contributed by atoms with Crippen molar-refractivity contribution >= 4 is 5.91 Å². The molecular formula is C14H18F2N2O2. The maximum atomic E-state index is 13.0. The van der Waals surface area contributed by atoms with E-state index in [4.69, 9.17) is 4.74 Å². The van der Waals surface area contributed by atoms with Crippen LogP contribution in [0.2, 0.25) is 0 Å². The molecule has 1 fully saturated rings. The zero-order valence-electron chi connectivity index (χ0n) is 11.3. The smallest absolute Gasteiger partial charge is 0.261 e. The number of rotatable bonds is 4. The molecule has 6 heteroatoms. The number of hydrogen-bond acceptors (Lipinski definition) is 3. The van der Waals surface area contributed by atoms with Crippen LogP contribution in [0.1, 0.15) is 19.8 Å². The van der Waals surface area contributed by atoms with Gasteiger partial charge in [0.25, 0.3) is 5.91 Å². The lowest BCUT2D eigenvalue weighted by Crippen LogP contribution is -2.49. The lowest BCUT2D eigenvalue weighted by molar-refractivity contribution is -0.128. The highest BCUT2D eigenvalue weighted by atomic mass is 19.2. The summed E-state index contributed by atoms with van der Waals surface area (Å²) in [5.41, 5.74) is 0. The van der Waals surface area contributed by atoms with Crippen LogP contribution in [-0.2, 0) is 4.79 Å². The standard InChI is InChI=1S/C14H18F2N2O2/c1-9(14(19)18-10-3-2-6-17-8-10)20-11-4-5-12(15)13(16)7-11/h4-5,7,9-10,17H,2-3,6,8H2,1H3,(H,18,19). The van der Waals surface area contributed by atoms with Gasteiger partial charge >= 0.3 is 0 Å². The predicted molar refractivity (Wildman–Crippen MR) is 70.5 cm³/mol. The van der Waals surface area contributed by atoms with Crippen molar-refractivity contribution in [3.63, 3.8) is 0 Å². The molecule has 0 saturated carbocycles. The van der Waals surface area contributed by atoms with E-state index < -0.39 is 17.7 Å². The number of carbonyl (C=O) groups is 1. The van der Waals surface area contributed by atoms with Gasteiger partial charge in [-0.25, -0.2) is 8.78 Å². The van der Waals surface area contributed by atoms with Crippen molar-refractivity contribution in [1.29, 1.82) is 0 Å². The van der Waals surface area contributed by atoms with Crippen LogP contribution >= 0.6 is 0 Å². The zero-order chi connectivity index (χ0) is 14.5. The lowest BCUT2D eigenvalue weighted by Gasteiger charge is -2.25. The molecular weight excluding hydrogens is 266 g/mol. The van der Waals surface area contributed by atoms with Crippen LogP contribution in [0.5, 0.6) is 5.75 Å². The van der Waals surface area contributed by atoms with E-state index in [1.165, 1.54) is 6.07 Å². The maximum Gasteiger partial charge on any atom is 0.261 e. The molecule has 1 aromatic rings. The normalized spacial score (nSPS) is 20.2. The molecule has 0 radical (unpaired) electrons. The van der Waals surface area contributed by atoms with E-state index in [2.05, 4.69) is 10.6 Å². The number of benzene rings is 1. The maximum absolute atomic E-state index is 13.0. The minimum Gasteiger partial charge on any atom is -0.481 e. The van der Waals surface area contributed by atoms with Crippen molar-refractivity contribution in [3.8, 4) is 5.75 Å². The highest BCUT2D eigenvalue weighted by Crippen LogP contribution is 2.17. The number of halogens is 2. The molecule has 1 aliphatic rings. The van der Waals surface area contributed by atoms with E-state index in [0.717, 1.165) is 38.1 Å². The molecule has 1 aromatic carbocycles. The van der Waals surface area contributed by atoms with Crippen LogP contribution in [0.3, 0.4) is 0 Å². The summed E-state index contributed by atoms with van der Waals surface area (Å²) >= 11 is 0. The summed E-state index contributed by atoms with van der Waals surface area (Å²) in [5.74, 6) is -2.06. The van der Waals surface area contributed by atoms with Gasteiger partial charge in [-0.2, -0.15) is 0 Å². The average molecular weight is 284 g/mol. The third kappa shape index (κ3) is 3.90. The van der Waals surface area contributed by atoms with E-state index in [-0.39, 0.29) is 17.7 Å². The highest BCUT2D eigenvalue weighted by molar-refractivity contribution is 5.81. The topological polar surface area (TPSA) is 50.4 Å². The summed E-state index contributed by atoms with van der Waals surface area (Å²) in [6.07, 6.45) is 1.18. The molecule has 0 bridgehead atoms. The average Bonchev–Trinajstić information content (AvgIpc) is 2.44. The summed E-state index contributed by atoms with van der Waals surface area (Å²) < 4.78 is 31.1. The van der Waals surface area contributed by atoms with Gasteiger partial charge in [-0.3, -0.25) is 4.79 Å². The molecule has 110 valence electrons. The molecule has 2 atom stereocenters. The number of nitrogens with one attached hydrogen (secondary N) is 2. The van der Waals surface area contributed by atoms with Gasteiger partial charge in [0.05, 0.1) is 0 Å². The summed E-state index contributed by atoms with van der Waals surface area (Å²) in [6.45, 7) is 3.28. The van der Waals surface area contributed by atoms with Crippen molar-refractivity contribution in [2.75, 3.05) is 13.1 Å². The zero-order valence-corrected chi connectivity index (χ0v) is 11.3. The minimum atomic E-state index is -0.994. The van der Waals surface area contributed by atoms with Crippen molar-refractivity contribution in [2.45, 2.75) is 31.9 Å². The van der Waals surface area contributed by atoms with Gasteiger partial charge in [0.15, 0.2) is 17.7 Å².